The predicted molar refractivity (Wildman–Crippen MR) is 67.0 cm³/mol. The van der Waals surface area contributed by atoms with Gasteiger partial charge >= 0.3 is 6.18 Å². The Hall–Kier alpha value is -1.54. The van der Waals surface area contributed by atoms with Crippen molar-refractivity contribution in [2.24, 2.45) is 5.84 Å². The van der Waals surface area contributed by atoms with E-state index in [9.17, 15) is 13.2 Å². The maximum atomic E-state index is 12.8. The van der Waals surface area contributed by atoms with Gasteiger partial charge in [0.05, 0.1) is 23.8 Å². The summed E-state index contributed by atoms with van der Waals surface area (Å²) in [7, 11) is 0. The predicted octanol–water partition coefficient (Wildman–Crippen LogP) is 2.12. The number of nitrogen functional groups attached to an aromatic ring is 1. The molecule has 2 bridgehead atoms. The first-order chi connectivity index (χ1) is 9.45. The number of nitrogens with two attached hydrogens (primary N) is 1. The van der Waals surface area contributed by atoms with Gasteiger partial charge in [-0.15, -0.1) is 0 Å². The smallest absolute Gasteiger partial charge is 0.373 e. The molecule has 3 rings (SSSR count). The Morgan fingerprint density at radius 2 is 2.00 bits per heavy atom. The van der Waals surface area contributed by atoms with E-state index < -0.39 is 11.7 Å². The second-order valence-electron chi connectivity index (χ2n) is 5.13. The van der Waals surface area contributed by atoms with Gasteiger partial charge in [0.15, 0.2) is 0 Å². The number of alkyl halides is 3. The van der Waals surface area contributed by atoms with Crippen molar-refractivity contribution in [3.63, 3.8) is 0 Å². The number of hydrogen-bond donors (Lipinski definition) is 3. The summed E-state index contributed by atoms with van der Waals surface area (Å²) in [5.41, 5.74) is 1.37. The lowest BCUT2D eigenvalue weighted by atomic mass is 9.95. The molecule has 0 saturated carbocycles. The van der Waals surface area contributed by atoms with Crippen molar-refractivity contribution in [1.82, 2.24) is 4.98 Å². The van der Waals surface area contributed by atoms with Crippen molar-refractivity contribution < 1.29 is 17.9 Å². The summed E-state index contributed by atoms with van der Waals surface area (Å²) >= 11 is 0. The van der Waals surface area contributed by atoms with Crippen molar-refractivity contribution >= 4 is 11.6 Å². The number of halogens is 3. The molecule has 2 aliphatic heterocycles. The number of anilines is 2. The van der Waals surface area contributed by atoms with Crippen LogP contribution in [0.3, 0.4) is 0 Å². The van der Waals surface area contributed by atoms with Gasteiger partial charge in [-0.1, -0.05) is 0 Å². The molecular weight excluding hydrogens is 273 g/mol. The second kappa shape index (κ2) is 4.78. The van der Waals surface area contributed by atoms with Gasteiger partial charge in [-0.25, -0.2) is 10.8 Å². The molecule has 1 aromatic rings. The molecule has 0 amide bonds. The summed E-state index contributed by atoms with van der Waals surface area (Å²) in [5, 5.41) is 3.03. The normalized spacial score (nSPS) is 28.7. The molecule has 0 aliphatic carbocycles. The molecule has 20 heavy (non-hydrogen) atoms. The first-order valence-electron chi connectivity index (χ1n) is 6.43. The van der Waals surface area contributed by atoms with Crippen LogP contribution in [0, 0.1) is 0 Å². The van der Waals surface area contributed by atoms with E-state index in [1.807, 2.05) is 0 Å². The van der Waals surface area contributed by atoms with Gasteiger partial charge in [0.1, 0.15) is 11.6 Å². The minimum Gasteiger partial charge on any atom is -0.373 e. The van der Waals surface area contributed by atoms with Crippen molar-refractivity contribution in [1.29, 1.82) is 0 Å². The van der Waals surface area contributed by atoms with E-state index in [0.717, 1.165) is 31.4 Å². The molecule has 3 atom stereocenters. The monoisotopic (exact) mass is 288 g/mol. The Balaban J connectivity index is 1.82. The van der Waals surface area contributed by atoms with E-state index in [1.54, 1.807) is 0 Å². The van der Waals surface area contributed by atoms with Crippen LogP contribution in [-0.2, 0) is 10.9 Å². The Kier molecular flexibility index (Phi) is 3.21. The van der Waals surface area contributed by atoms with Gasteiger partial charge in [-0.3, -0.25) is 0 Å². The molecule has 5 nitrogen and oxygen atoms in total. The number of nitrogens with zero attached hydrogens (tertiary/aromatic N) is 1. The molecule has 2 fully saturated rings. The van der Waals surface area contributed by atoms with Gasteiger partial charge in [-0.2, -0.15) is 13.2 Å². The molecule has 3 unspecified atom stereocenters. The molecule has 110 valence electrons. The first kappa shape index (κ1) is 13.4. The number of aromatic nitrogens is 1. The van der Waals surface area contributed by atoms with Crippen molar-refractivity contribution in [3.05, 3.63) is 17.7 Å². The van der Waals surface area contributed by atoms with E-state index in [1.165, 1.54) is 0 Å². The first-order valence-corrected chi connectivity index (χ1v) is 6.43. The van der Waals surface area contributed by atoms with Crippen LogP contribution in [-0.4, -0.2) is 23.2 Å². The fraction of sp³-hybridized carbons (Fsp3) is 0.583. The van der Waals surface area contributed by atoms with Crippen LogP contribution in [0.25, 0.3) is 0 Å². The Bertz CT molecular complexity index is 508. The molecule has 2 saturated heterocycles. The quantitative estimate of drug-likeness (QED) is 0.587. The van der Waals surface area contributed by atoms with Gasteiger partial charge < -0.3 is 15.5 Å². The topological polar surface area (TPSA) is 72.2 Å². The van der Waals surface area contributed by atoms with Crippen molar-refractivity contribution in [2.75, 3.05) is 10.7 Å². The molecule has 8 heteroatoms. The lowest BCUT2D eigenvalue weighted by Crippen LogP contribution is -2.31. The molecule has 0 spiro atoms. The number of hydrazine groups is 1. The van der Waals surface area contributed by atoms with E-state index in [4.69, 9.17) is 10.6 Å². The molecule has 0 aromatic carbocycles. The Morgan fingerprint density at radius 3 is 2.55 bits per heavy atom. The zero-order valence-electron chi connectivity index (χ0n) is 10.6. The number of ether oxygens (including phenoxy) is 1. The number of nitrogens with one attached hydrogen (secondary N) is 2. The van der Waals surface area contributed by atoms with E-state index >= 15 is 0 Å². The zero-order chi connectivity index (χ0) is 14.3. The second-order valence-corrected chi connectivity index (χ2v) is 5.13. The van der Waals surface area contributed by atoms with Crippen molar-refractivity contribution in [2.45, 2.75) is 43.7 Å². The Labute approximate surface area is 113 Å². The highest BCUT2D eigenvalue weighted by atomic mass is 19.4. The molecule has 2 aliphatic rings. The van der Waals surface area contributed by atoms with Crippen LogP contribution in [0.1, 0.15) is 24.8 Å². The standard InChI is InChI=1S/C12H15F3N4O/c13-12(14,15)6-3-10(18-11(4-6)19-16)17-8-5-7-1-2-9(8)20-7/h3-4,7-9H,1-2,5,16H2,(H2,17,18,19). The minimum atomic E-state index is -4.43. The maximum Gasteiger partial charge on any atom is 0.416 e. The van der Waals surface area contributed by atoms with Gasteiger partial charge in [0.25, 0.3) is 0 Å². The summed E-state index contributed by atoms with van der Waals surface area (Å²) in [5.74, 6) is 5.31. The summed E-state index contributed by atoms with van der Waals surface area (Å²) in [6.07, 6.45) is -1.40. The molecule has 1 aromatic heterocycles. The summed E-state index contributed by atoms with van der Waals surface area (Å²) in [6.45, 7) is 0. The highest BCUT2D eigenvalue weighted by Crippen LogP contribution is 2.37. The minimum absolute atomic E-state index is 0.00959. The number of hydrogen-bond acceptors (Lipinski definition) is 5. The summed E-state index contributed by atoms with van der Waals surface area (Å²) in [6, 6.07) is 1.88. The average Bonchev–Trinajstić information content (AvgIpc) is 2.99. The molecule has 4 N–H and O–H groups in total. The van der Waals surface area contributed by atoms with Crippen LogP contribution in [0.15, 0.2) is 12.1 Å². The highest BCUT2D eigenvalue weighted by Gasteiger charge is 2.41. The molecular formula is C12H15F3N4O. The van der Waals surface area contributed by atoms with Crippen molar-refractivity contribution in [3.8, 4) is 0 Å². The van der Waals surface area contributed by atoms with Crippen LogP contribution >= 0.6 is 0 Å². The summed E-state index contributed by atoms with van der Waals surface area (Å²) in [4.78, 5) is 4.01. The van der Waals surface area contributed by atoms with E-state index in [2.05, 4.69) is 15.7 Å². The maximum absolute atomic E-state index is 12.8. The van der Waals surface area contributed by atoms with Gasteiger partial charge in [0, 0.05) is 0 Å². The molecule has 0 radical (unpaired) electrons. The Morgan fingerprint density at radius 1 is 1.25 bits per heavy atom. The summed E-state index contributed by atoms with van der Waals surface area (Å²) < 4.78 is 44.1. The fourth-order valence-corrected chi connectivity index (χ4v) is 2.82. The lowest BCUT2D eigenvalue weighted by molar-refractivity contribution is -0.137. The van der Waals surface area contributed by atoms with Crippen LogP contribution in [0.5, 0.6) is 0 Å². The highest BCUT2D eigenvalue weighted by molar-refractivity contribution is 5.50. The van der Waals surface area contributed by atoms with Gasteiger partial charge in [-0.05, 0) is 31.4 Å². The number of rotatable bonds is 3. The third-order valence-electron chi connectivity index (χ3n) is 3.74. The zero-order valence-corrected chi connectivity index (χ0v) is 10.6. The van der Waals surface area contributed by atoms with E-state index in [-0.39, 0.29) is 29.9 Å². The van der Waals surface area contributed by atoms with Gasteiger partial charge in [0.2, 0.25) is 0 Å². The lowest BCUT2D eigenvalue weighted by Gasteiger charge is -2.21. The third kappa shape index (κ3) is 2.53. The average molecular weight is 288 g/mol. The largest absolute Gasteiger partial charge is 0.416 e. The van der Waals surface area contributed by atoms with Crippen LogP contribution < -0.4 is 16.6 Å². The van der Waals surface area contributed by atoms with E-state index in [0.29, 0.717) is 0 Å². The fourth-order valence-electron chi connectivity index (χ4n) is 2.82. The van der Waals surface area contributed by atoms with Crippen LogP contribution in [0.4, 0.5) is 24.8 Å². The number of pyridine rings is 1. The SMILES string of the molecule is NNc1cc(C(F)(F)F)cc(NC2CC3CCC2O3)n1. The third-order valence-corrected chi connectivity index (χ3v) is 3.74. The number of fused-ring (bicyclic) bond motifs is 2. The molecule has 3 heterocycles. The van der Waals surface area contributed by atoms with Crippen LogP contribution in [0.2, 0.25) is 0 Å².